The molecule has 0 heterocycles. The van der Waals surface area contributed by atoms with E-state index in [0.29, 0.717) is 23.8 Å². The van der Waals surface area contributed by atoms with Crippen molar-refractivity contribution < 1.29 is 14.3 Å². The lowest BCUT2D eigenvalue weighted by atomic mass is 10.2. The van der Waals surface area contributed by atoms with Crippen LogP contribution >= 0.6 is 0 Å². The summed E-state index contributed by atoms with van der Waals surface area (Å²) in [6.45, 7) is 4.80. The number of amides is 1. The molecule has 4 heteroatoms. The van der Waals surface area contributed by atoms with Gasteiger partial charge in [0.15, 0.2) is 0 Å². The van der Waals surface area contributed by atoms with E-state index in [2.05, 4.69) is 19.2 Å². The number of methoxy groups -OCH3 is 1. The van der Waals surface area contributed by atoms with E-state index >= 15 is 0 Å². The number of nitrogens with one attached hydrogen (secondary N) is 1. The average molecular weight is 299 g/mol. The molecule has 0 fully saturated rings. The molecular weight excluding hydrogens is 278 g/mol. The van der Waals surface area contributed by atoms with E-state index in [1.165, 1.54) is 0 Å². The molecule has 2 rings (SSSR count). The highest BCUT2D eigenvalue weighted by Crippen LogP contribution is 2.18. The topological polar surface area (TPSA) is 47.6 Å². The third-order valence-electron chi connectivity index (χ3n) is 3.03. The Morgan fingerprint density at radius 1 is 1.09 bits per heavy atom. The van der Waals surface area contributed by atoms with Crippen LogP contribution in [0.25, 0.3) is 0 Å². The summed E-state index contributed by atoms with van der Waals surface area (Å²) in [7, 11) is 1.61. The van der Waals surface area contributed by atoms with Crippen molar-refractivity contribution in [2.45, 2.75) is 13.8 Å². The molecule has 116 valence electrons. The summed E-state index contributed by atoms with van der Waals surface area (Å²) in [6.07, 6.45) is 0. The molecule has 0 aliphatic carbocycles. The normalized spacial score (nSPS) is 10.4. The Kier molecular flexibility index (Phi) is 5.42. The van der Waals surface area contributed by atoms with Crippen LogP contribution in [0.4, 0.5) is 5.69 Å². The van der Waals surface area contributed by atoms with Crippen molar-refractivity contribution in [3.63, 3.8) is 0 Å². The molecule has 0 spiro atoms. The highest BCUT2D eigenvalue weighted by molar-refractivity contribution is 6.04. The fourth-order valence-corrected chi connectivity index (χ4v) is 1.87. The van der Waals surface area contributed by atoms with E-state index in [0.717, 1.165) is 11.4 Å². The fraction of sp³-hybridized carbons (Fsp3) is 0.278. The lowest BCUT2D eigenvalue weighted by Gasteiger charge is -2.10. The number of benzene rings is 2. The molecule has 2 aromatic carbocycles. The largest absolute Gasteiger partial charge is 0.497 e. The first kappa shape index (κ1) is 15.9. The van der Waals surface area contributed by atoms with Crippen LogP contribution in [-0.4, -0.2) is 19.6 Å². The molecule has 4 nitrogen and oxygen atoms in total. The van der Waals surface area contributed by atoms with Gasteiger partial charge in [-0.05, 0) is 48.4 Å². The van der Waals surface area contributed by atoms with E-state index in [4.69, 9.17) is 9.47 Å². The summed E-state index contributed by atoms with van der Waals surface area (Å²) in [5, 5.41) is 2.85. The van der Waals surface area contributed by atoms with Gasteiger partial charge in [0.05, 0.1) is 13.7 Å². The zero-order chi connectivity index (χ0) is 15.9. The second-order valence-electron chi connectivity index (χ2n) is 5.42. The Morgan fingerprint density at radius 2 is 1.82 bits per heavy atom. The summed E-state index contributed by atoms with van der Waals surface area (Å²) >= 11 is 0. The highest BCUT2D eigenvalue weighted by atomic mass is 16.5. The molecule has 2 aromatic rings. The van der Waals surface area contributed by atoms with Crippen LogP contribution in [0.1, 0.15) is 24.2 Å². The maximum absolute atomic E-state index is 12.3. The standard InChI is InChI=1S/C18H21NO3/c1-13(2)12-22-17-6-4-5-14(11-17)18(20)19-15-7-9-16(21-3)10-8-15/h4-11,13H,12H2,1-3H3,(H,19,20). The fourth-order valence-electron chi connectivity index (χ4n) is 1.87. The summed E-state index contributed by atoms with van der Waals surface area (Å²) in [6, 6.07) is 14.4. The van der Waals surface area contributed by atoms with Gasteiger partial charge in [0.2, 0.25) is 0 Å². The van der Waals surface area contributed by atoms with Crippen LogP contribution in [0.15, 0.2) is 48.5 Å². The van der Waals surface area contributed by atoms with Crippen LogP contribution in [-0.2, 0) is 0 Å². The number of carbonyl (C=O) groups excluding carboxylic acids is 1. The Labute approximate surface area is 131 Å². The van der Waals surface area contributed by atoms with Crippen LogP contribution in [0.2, 0.25) is 0 Å². The van der Waals surface area contributed by atoms with Gasteiger partial charge in [-0.25, -0.2) is 0 Å². The van der Waals surface area contributed by atoms with Crippen LogP contribution in [0, 0.1) is 5.92 Å². The van der Waals surface area contributed by atoms with Gasteiger partial charge in [-0.2, -0.15) is 0 Å². The number of ether oxygens (including phenoxy) is 2. The smallest absolute Gasteiger partial charge is 0.255 e. The van der Waals surface area contributed by atoms with Gasteiger partial charge < -0.3 is 14.8 Å². The van der Waals surface area contributed by atoms with Crippen molar-refractivity contribution in [3.05, 3.63) is 54.1 Å². The van der Waals surface area contributed by atoms with Gasteiger partial charge in [0.1, 0.15) is 11.5 Å². The third-order valence-corrected chi connectivity index (χ3v) is 3.03. The maximum Gasteiger partial charge on any atom is 0.255 e. The van der Waals surface area contributed by atoms with E-state index < -0.39 is 0 Å². The molecule has 0 aliphatic rings. The molecule has 0 radical (unpaired) electrons. The monoisotopic (exact) mass is 299 g/mol. The summed E-state index contributed by atoms with van der Waals surface area (Å²) in [5.74, 6) is 1.73. The minimum atomic E-state index is -0.167. The van der Waals surface area contributed by atoms with Crippen LogP contribution in [0.3, 0.4) is 0 Å². The van der Waals surface area contributed by atoms with Crippen molar-refractivity contribution in [2.24, 2.45) is 5.92 Å². The second-order valence-corrected chi connectivity index (χ2v) is 5.42. The van der Waals surface area contributed by atoms with Gasteiger partial charge in [-0.3, -0.25) is 4.79 Å². The number of anilines is 1. The molecule has 0 saturated heterocycles. The molecule has 1 N–H and O–H groups in total. The number of carbonyl (C=O) groups is 1. The average Bonchev–Trinajstić information content (AvgIpc) is 2.54. The lowest BCUT2D eigenvalue weighted by Crippen LogP contribution is -2.12. The van der Waals surface area contributed by atoms with Gasteiger partial charge in [-0.15, -0.1) is 0 Å². The molecule has 0 atom stereocenters. The van der Waals surface area contributed by atoms with Gasteiger partial charge >= 0.3 is 0 Å². The lowest BCUT2D eigenvalue weighted by molar-refractivity contribution is 0.102. The van der Waals surface area contributed by atoms with Crippen LogP contribution in [0.5, 0.6) is 11.5 Å². The molecule has 0 saturated carbocycles. The third kappa shape index (κ3) is 4.52. The minimum Gasteiger partial charge on any atom is -0.497 e. The summed E-state index contributed by atoms with van der Waals surface area (Å²) in [5.41, 5.74) is 1.29. The SMILES string of the molecule is COc1ccc(NC(=O)c2cccc(OCC(C)C)c2)cc1. The summed E-state index contributed by atoms with van der Waals surface area (Å²) < 4.78 is 10.7. The van der Waals surface area contributed by atoms with E-state index in [1.807, 2.05) is 12.1 Å². The zero-order valence-electron chi connectivity index (χ0n) is 13.1. The predicted molar refractivity (Wildman–Crippen MR) is 87.7 cm³/mol. The van der Waals surface area contributed by atoms with E-state index in [9.17, 15) is 4.79 Å². The maximum atomic E-state index is 12.3. The minimum absolute atomic E-state index is 0.167. The van der Waals surface area contributed by atoms with Crippen molar-refractivity contribution in [3.8, 4) is 11.5 Å². The first-order valence-corrected chi connectivity index (χ1v) is 7.26. The Balaban J connectivity index is 2.03. The highest BCUT2D eigenvalue weighted by Gasteiger charge is 2.08. The first-order valence-electron chi connectivity index (χ1n) is 7.26. The quantitative estimate of drug-likeness (QED) is 0.877. The Morgan fingerprint density at radius 3 is 2.45 bits per heavy atom. The van der Waals surface area contributed by atoms with Crippen molar-refractivity contribution in [2.75, 3.05) is 19.0 Å². The molecule has 0 aliphatic heterocycles. The van der Waals surface area contributed by atoms with Gasteiger partial charge in [0, 0.05) is 11.3 Å². The van der Waals surface area contributed by atoms with Crippen LogP contribution < -0.4 is 14.8 Å². The van der Waals surface area contributed by atoms with Gasteiger partial charge in [-0.1, -0.05) is 19.9 Å². The molecule has 0 bridgehead atoms. The Bertz CT molecular complexity index is 620. The van der Waals surface area contributed by atoms with Crippen molar-refractivity contribution in [1.29, 1.82) is 0 Å². The van der Waals surface area contributed by atoms with Crippen molar-refractivity contribution in [1.82, 2.24) is 0 Å². The Hall–Kier alpha value is -2.49. The first-order chi connectivity index (χ1) is 10.6. The second kappa shape index (κ2) is 7.50. The zero-order valence-corrected chi connectivity index (χ0v) is 13.1. The van der Waals surface area contributed by atoms with Gasteiger partial charge in [0.25, 0.3) is 5.91 Å². The number of hydrogen-bond acceptors (Lipinski definition) is 3. The predicted octanol–water partition coefficient (Wildman–Crippen LogP) is 3.98. The molecule has 22 heavy (non-hydrogen) atoms. The van der Waals surface area contributed by atoms with E-state index in [-0.39, 0.29) is 5.91 Å². The molecular formula is C18H21NO3. The molecule has 0 unspecified atom stereocenters. The summed E-state index contributed by atoms with van der Waals surface area (Å²) in [4.78, 5) is 12.3. The number of hydrogen-bond donors (Lipinski definition) is 1. The molecule has 0 aromatic heterocycles. The molecule has 1 amide bonds. The number of rotatable bonds is 6. The van der Waals surface area contributed by atoms with Crippen molar-refractivity contribution >= 4 is 11.6 Å². The van der Waals surface area contributed by atoms with E-state index in [1.54, 1.807) is 43.5 Å².